The number of nitrogens with zero attached hydrogens (tertiary/aromatic N) is 3. The van der Waals surface area contributed by atoms with Crippen LogP contribution in [0.1, 0.15) is 19.7 Å². The van der Waals surface area contributed by atoms with Gasteiger partial charge >= 0.3 is 0 Å². The van der Waals surface area contributed by atoms with E-state index in [0.717, 1.165) is 23.0 Å². The molecule has 6 heteroatoms. The van der Waals surface area contributed by atoms with E-state index in [1.165, 1.54) is 0 Å². The second-order valence-corrected chi connectivity index (χ2v) is 6.18. The quantitative estimate of drug-likeness (QED) is 0.678. The smallest absolute Gasteiger partial charge is 0.138 e. The Hall–Kier alpha value is -1.20. The zero-order chi connectivity index (χ0) is 13.8. The van der Waals surface area contributed by atoms with Gasteiger partial charge < -0.3 is 5.73 Å². The first-order valence-corrected chi connectivity index (χ1v) is 7.47. The van der Waals surface area contributed by atoms with Crippen molar-refractivity contribution in [1.29, 1.82) is 0 Å². The second-order valence-electron chi connectivity index (χ2n) is 4.72. The van der Waals surface area contributed by atoms with Crippen LogP contribution in [-0.2, 0) is 12.3 Å². The minimum Gasteiger partial charge on any atom is -0.398 e. The third kappa shape index (κ3) is 3.88. The lowest BCUT2D eigenvalue weighted by Crippen LogP contribution is -2.09. The predicted octanol–water partition coefficient (Wildman–Crippen LogP) is 3.46. The van der Waals surface area contributed by atoms with E-state index < -0.39 is 0 Å². The normalized spacial score (nSPS) is 11.2. The van der Waals surface area contributed by atoms with Crippen LogP contribution in [0.5, 0.6) is 0 Å². The Morgan fingerprint density at radius 3 is 2.89 bits per heavy atom. The summed E-state index contributed by atoms with van der Waals surface area (Å²) >= 11 is 7.68. The molecule has 19 heavy (non-hydrogen) atoms. The summed E-state index contributed by atoms with van der Waals surface area (Å²) in [6.45, 7) is 5.22. The predicted molar refractivity (Wildman–Crippen MR) is 80.3 cm³/mol. The number of benzene rings is 1. The average Bonchev–Trinajstić information content (AvgIpc) is 2.77. The van der Waals surface area contributed by atoms with Gasteiger partial charge in [-0.3, -0.25) is 0 Å². The molecular formula is C13H17ClN4S. The van der Waals surface area contributed by atoms with Gasteiger partial charge in [0.05, 0.1) is 16.5 Å². The van der Waals surface area contributed by atoms with Crippen LogP contribution in [0.15, 0.2) is 29.4 Å². The fourth-order valence-corrected chi connectivity index (χ4v) is 2.77. The Morgan fingerprint density at radius 1 is 1.42 bits per heavy atom. The SMILES string of the molecule is CC(C)Cn1ncnc1CSc1ccc(N)c(Cl)c1. The monoisotopic (exact) mass is 296 g/mol. The largest absolute Gasteiger partial charge is 0.398 e. The van der Waals surface area contributed by atoms with Crippen molar-refractivity contribution >= 4 is 29.1 Å². The van der Waals surface area contributed by atoms with Gasteiger partial charge in [0.25, 0.3) is 0 Å². The summed E-state index contributed by atoms with van der Waals surface area (Å²) in [6.07, 6.45) is 1.61. The molecule has 1 heterocycles. The van der Waals surface area contributed by atoms with Gasteiger partial charge in [-0.15, -0.1) is 11.8 Å². The van der Waals surface area contributed by atoms with E-state index in [4.69, 9.17) is 17.3 Å². The average molecular weight is 297 g/mol. The molecule has 1 aromatic heterocycles. The van der Waals surface area contributed by atoms with Crippen LogP contribution in [0.2, 0.25) is 5.02 Å². The highest BCUT2D eigenvalue weighted by Gasteiger charge is 2.07. The molecule has 0 saturated carbocycles. The van der Waals surface area contributed by atoms with Crippen molar-refractivity contribution in [3.8, 4) is 0 Å². The van der Waals surface area contributed by atoms with Crippen molar-refractivity contribution < 1.29 is 0 Å². The Balaban J connectivity index is 2.02. The minimum atomic E-state index is 0.552. The summed E-state index contributed by atoms with van der Waals surface area (Å²) < 4.78 is 1.95. The zero-order valence-corrected chi connectivity index (χ0v) is 12.6. The fraction of sp³-hybridized carbons (Fsp3) is 0.385. The number of thioether (sulfide) groups is 1. The lowest BCUT2D eigenvalue weighted by molar-refractivity contribution is 0.472. The molecule has 0 amide bonds. The minimum absolute atomic E-state index is 0.552. The first-order valence-electron chi connectivity index (χ1n) is 6.10. The number of nitrogen functional groups attached to an aromatic ring is 1. The molecule has 0 spiro atoms. The Labute approximate surface area is 122 Å². The van der Waals surface area contributed by atoms with E-state index in [9.17, 15) is 0 Å². The van der Waals surface area contributed by atoms with Crippen LogP contribution in [0, 0.1) is 5.92 Å². The van der Waals surface area contributed by atoms with Gasteiger partial charge in [0.15, 0.2) is 0 Å². The number of hydrogen-bond acceptors (Lipinski definition) is 4. The van der Waals surface area contributed by atoms with Crippen LogP contribution >= 0.6 is 23.4 Å². The van der Waals surface area contributed by atoms with E-state index >= 15 is 0 Å². The summed E-state index contributed by atoms with van der Waals surface area (Å²) in [5, 5.41) is 4.84. The number of halogens is 1. The number of hydrogen-bond donors (Lipinski definition) is 1. The van der Waals surface area contributed by atoms with Crippen molar-refractivity contribution in [1.82, 2.24) is 14.8 Å². The van der Waals surface area contributed by atoms with Gasteiger partial charge in [0.1, 0.15) is 12.2 Å². The third-order valence-electron chi connectivity index (χ3n) is 2.57. The van der Waals surface area contributed by atoms with Crippen LogP contribution in [-0.4, -0.2) is 14.8 Å². The molecule has 0 radical (unpaired) electrons. The Morgan fingerprint density at radius 2 is 2.21 bits per heavy atom. The topological polar surface area (TPSA) is 56.7 Å². The van der Waals surface area contributed by atoms with Crippen molar-refractivity contribution in [2.45, 2.75) is 31.0 Å². The summed E-state index contributed by atoms with van der Waals surface area (Å²) in [7, 11) is 0. The molecule has 0 bridgehead atoms. The summed E-state index contributed by atoms with van der Waals surface area (Å²) in [4.78, 5) is 5.38. The Kier molecular flexibility index (Phi) is 4.71. The molecule has 2 N–H and O–H groups in total. The number of aromatic nitrogens is 3. The molecule has 0 aliphatic rings. The lowest BCUT2D eigenvalue weighted by Gasteiger charge is -2.08. The van der Waals surface area contributed by atoms with Gasteiger partial charge in [-0.25, -0.2) is 9.67 Å². The molecule has 102 valence electrons. The van der Waals surface area contributed by atoms with E-state index in [2.05, 4.69) is 23.9 Å². The zero-order valence-electron chi connectivity index (χ0n) is 11.0. The molecule has 0 aliphatic heterocycles. The van der Waals surface area contributed by atoms with E-state index in [1.54, 1.807) is 18.1 Å². The summed E-state index contributed by atoms with van der Waals surface area (Å²) in [5.41, 5.74) is 6.30. The molecule has 4 nitrogen and oxygen atoms in total. The standard InChI is InChI=1S/C13H17ClN4S/c1-9(2)6-18-13(16-8-17-18)7-19-10-3-4-12(15)11(14)5-10/h3-5,8-9H,6-7,15H2,1-2H3. The summed E-state index contributed by atoms with van der Waals surface area (Å²) in [5.74, 6) is 2.30. The molecule has 0 unspecified atom stereocenters. The van der Waals surface area contributed by atoms with Crippen molar-refractivity contribution in [3.05, 3.63) is 35.4 Å². The van der Waals surface area contributed by atoms with Crippen molar-refractivity contribution in [2.75, 3.05) is 5.73 Å². The van der Waals surface area contributed by atoms with Crippen molar-refractivity contribution in [2.24, 2.45) is 5.92 Å². The van der Waals surface area contributed by atoms with Gasteiger partial charge in [-0.2, -0.15) is 5.10 Å². The number of anilines is 1. The first-order chi connectivity index (χ1) is 9.06. The van der Waals surface area contributed by atoms with Gasteiger partial charge in [-0.05, 0) is 24.1 Å². The number of rotatable bonds is 5. The van der Waals surface area contributed by atoms with E-state index in [0.29, 0.717) is 16.6 Å². The molecule has 2 aromatic rings. The van der Waals surface area contributed by atoms with Crippen LogP contribution in [0.4, 0.5) is 5.69 Å². The molecule has 0 aliphatic carbocycles. The number of nitrogens with two attached hydrogens (primary N) is 1. The third-order valence-corrected chi connectivity index (χ3v) is 3.89. The first kappa shape index (κ1) is 14.2. The highest BCUT2D eigenvalue weighted by molar-refractivity contribution is 7.98. The van der Waals surface area contributed by atoms with Crippen molar-refractivity contribution in [3.63, 3.8) is 0 Å². The van der Waals surface area contributed by atoms with Gasteiger partial charge in [-0.1, -0.05) is 25.4 Å². The maximum absolute atomic E-state index is 6.00. The van der Waals surface area contributed by atoms with Crippen LogP contribution < -0.4 is 5.73 Å². The molecular weight excluding hydrogens is 280 g/mol. The molecule has 1 aromatic carbocycles. The highest BCUT2D eigenvalue weighted by Crippen LogP contribution is 2.28. The fourth-order valence-electron chi connectivity index (χ4n) is 1.64. The lowest BCUT2D eigenvalue weighted by atomic mass is 10.2. The highest BCUT2D eigenvalue weighted by atomic mass is 35.5. The molecule has 0 saturated heterocycles. The summed E-state index contributed by atoms with van der Waals surface area (Å²) in [6, 6.07) is 5.67. The second kappa shape index (κ2) is 6.30. The van der Waals surface area contributed by atoms with E-state index in [-0.39, 0.29) is 0 Å². The Bertz CT molecular complexity index is 553. The molecule has 0 fully saturated rings. The van der Waals surface area contributed by atoms with Gasteiger partial charge in [0.2, 0.25) is 0 Å². The molecule has 2 rings (SSSR count). The van der Waals surface area contributed by atoms with Crippen LogP contribution in [0.25, 0.3) is 0 Å². The molecule has 0 atom stereocenters. The van der Waals surface area contributed by atoms with Gasteiger partial charge in [0, 0.05) is 11.4 Å². The maximum atomic E-state index is 6.00. The van der Waals surface area contributed by atoms with Crippen LogP contribution in [0.3, 0.4) is 0 Å². The maximum Gasteiger partial charge on any atom is 0.138 e. The van der Waals surface area contributed by atoms with E-state index in [1.807, 2.05) is 22.9 Å².